The minimum atomic E-state index is -0.436. The Labute approximate surface area is 186 Å². The van der Waals surface area contributed by atoms with Gasteiger partial charge in [-0.2, -0.15) is 0 Å². The van der Waals surface area contributed by atoms with Crippen LogP contribution < -0.4 is 10.2 Å². The number of aryl methyl sites for hydroxylation is 2. The number of carbonyl (C=O) groups excluding carboxylic acids is 3. The third kappa shape index (κ3) is 4.82. The van der Waals surface area contributed by atoms with Gasteiger partial charge in [0.05, 0.1) is 4.91 Å². The lowest BCUT2D eigenvalue weighted by atomic mass is 10.1. The molecule has 4 rings (SSSR count). The Kier molecular flexibility index (Phi) is 6.13. The number of hydrogen-bond acceptors (Lipinski definition) is 5. The lowest BCUT2D eigenvalue weighted by molar-refractivity contribution is -0.127. The molecule has 0 aromatic heterocycles. The quantitative estimate of drug-likeness (QED) is 0.697. The number of thioether (sulfide) groups is 1. The molecule has 160 valence electrons. The first-order valence-corrected chi connectivity index (χ1v) is 11.2. The van der Waals surface area contributed by atoms with Gasteiger partial charge in [-0.15, -0.1) is 0 Å². The molecular formula is C24H25N3O3S. The van der Waals surface area contributed by atoms with Gasteiger partial charge in [-0.3, -0.25) is 19.3 Å². The molecule has 0 radical (unpaired) electrons. The van der Waals surface area contributed by atoms with E-state index < -0.39 is 17.1 Å². The monoisotopic (exact) mass is 435 g/mol. The highest BCUT2D eigenvalue weighted by Gasteiger charge is 2.36. The van der Waals surface area contributed by atoms with E-state index in [1.54, 1.807) is 12.1 Å². The van der Waals surface area contributed by atoms with Gasteiger partial charge in [-0.1, -0.05) is 18.2 Å². The number of imide groups is 1. The number of amides is 3. The van der Waals surface area contributed by atoms with Crippen molar-refractivity contribution in [2.45, 2.75) is 26.7 Å². The van der Waals surface area contributed by atoms with Crippen molar-refractivity contribution in [3.8, 4) is 0 Å². The van der Waals surface area contributed by atoms with Crippen molar-refractivity contribution < 1.29 is 14.4 Å². The summed E-state index contributed by atoms with van der Waals surface area (Å²) in [4.78, 5) is 41.1. The second kappa shape index (κ2) is 8.98. The average Bonchev–Trinajstić information content (AvgIpc) is 3.36. The summed E-state index contributed by atoms with van der Waals surface area (Å²) in [6.07, 6.45) is 4.14. The van der Waals surface area contributed by atoms with Gasteiger partial charge in [0, 0.05) is 24.5 Å². The lowest BCUT2D eigenvalue weighted by Crippen LogP contribution is -2.36. The molecular weight excluding hydrogens is 410 g/mol. The summed E-state index contributed by atoms with van der Waals surface area (Å²) in [6, 6.07) is 13.6. The van der Waals surface area contributed by atoms with Crippen molar-refractivity contribution in [2.24, 2.45) is 0 Å². The third-order valence-corrected chi connectivity index (χ3v) is 6.54. The molecule has 0 aliphatic carbocycles. The molecule has 2 aromatic carbocycles. The highest BCUT2D eigenvalue weighted by atomic mass is 32.2. The lowest BCUT2D eigenvalue weighted by Gasteiger charge is -2.17. The van der Waals surface area contributed by atoms with Gasteiger partial charge in [-0.05, 0) is 85.5 Å². The first kappa shape index (κ1) is 21.2. The number of benzene rings is 2. The fourth-order valence-electron chi connectivity index (χ4n) is 3.71. The molecule has 7 heteroatoms. The zero-order chi connectivity index (χ0) is 22.0. The van der Waals surface area contributed by atoms with E-state index in [9.17, 15) is 14.4 Å². The maximum absolute atomic E-state index is 12.7. The third-order valence-electron chi connectivity index (χ3n) is 5.63. The minimum absolute atomic E-state index is 0.303. The molecule has 2 fully saturated rings. The van der Waals surface area contributed by atoms with Crippen LogP contribution in [0.1, 0.15) is 29.5 Å². The molecule has 0 saturated carbocycles. The van der Waals surface area contributed by atoms with Crippen molar-refractivity contribution in [3.63, 3.8) is 0 Å². The molecule has 2 heterocycles. The first-order chi connectivity index (χ1) is 14.9. The van der Waals surface area contributed by atoms with Gasteiger partial charge in [-0.25, -0.2) is 0 Å². The molecule has 0 bridgehead atoms. The van der Waals surface area contributed by atoms with Crippen molar-refractivity contribution >= 4 is 46.3 Å². The summed E-state index contributed by atoms with van der Waals surface area (Å²) in [7, 11) is 0. The molecule has 6 nitrogen and oxygen atoms in total. The van der Waals surface area contributed by atoms with Crippen molar-refractivity contribution in [3.05, 3.63) is 64.1 Å². The van der Waals surface area contributed by atoms with E-state index in [-0.39, 0.29) is 6.54 Å². The van der Waals surface area contributed by atoms with E-state index in [4.69, 9.17) is 0 Å². The Morgan fingerprint density at radius 3 is 2.42 bits per heavy atom. The summed E-state index contributed by atoms with van der Waals surface area (Å²) in [5.41, 5.74) is 4.86. The number of rotatable bonds is 5. The average molecular weight is 436 g/mol. The molecule has 2 aromatic rings. The number of nitrogens with zero attached hydrogens (tertiary/aromatic N) is 2. The summed E-state index contributed by atoms with van der Waals surface area (Å²) in [6.45, 7) is 5.80. The Morgan fingerprint density at radius 1 is 1.03 bits per heavy atom. The van der Waals surface area contributed by atoms with Gasteiger partial charge in [0.1, 0.15) is 6.54 Å². The summed E-state index contributed by atoms with van der Waals surface area (Å²) in [5, 5.41) is 2.33. The minimum Gasteiger partial charge on any atom is -0.372 e. The van der Waals surface area contributed by atoms with E-state index in [1.165, 1.54) is 18.5 Å². The Bertz CT molecular complexity index is 1060. The van der Waals surface area contributed by atoms with Gasteiger partial charge < -0.3 is 10.2 Å². The highest BCUT2D eigenvalue weighted by Crippen LogP contribution is 2.32. The van der Waals surface area contributed by atoms with Crippen LogP contribution in [0, 0.1) is 13.8 Å². The van der Waals surface area contributed by atoms with Crippen molar-refractivity contribution in [2.75, 3.05) is 29.9 Å². The summed E-state index contributed by atoms with van der Waals surface area (Å²) in [5.74, 6) is -0.837. The Balaban J connectivity index is 1.40. The maximum atomic E-state index is 12.7. The number of anilines is 2. The van der Waals surface area contributed by atoms with E-state index in [0.717, 1.165) is 46.4 Å². The topological polar surface area (TPSA) is 69.7 Å². The largest absolute Gasteiger partial charge is 0.372 e. The van der Waals surface area contributed by atoms with Gasteiger partial charge in [0.25, 0.3) is 11.1 Å². The molecule has 31 heavy (non-hydrogen) atoms. The first-order valence-electron chi connectivity index (χ1n) is 10.4. The fraction of sp³-hybridized carbons (Fsp3) is 0.292. The summed E-state index contributed by atoms with van der Waals surface area (Å²) >= 11 is 0.867. The fourth-order valence-corrected chi connectivity index (χ4v) is 4.55. The van der Waals surface area contributed by atoms with E-state index in [2.05, 4.69) is 10.2 Å². The summed E-state index contributed by atoms with van der Waals surface area (Å²) < 4.78 is 0. The number of carbonyl (C=O) groups is 3. The van der Waals surface area contributed by atoms with E-state index in [0.29, 0.717) is 10.6 Å². The van der Waals surface area contributed by atoms with E-state index >= 15 is 0 Å². The molecule has 0 unspecified atom stereocenters. The van der Waals surface area contributed by atoms with E-state index in [1.807, 2.05) is 50.2 Å². The zero-order valence-corrected chi connectivity index (χ0v) is 18.5. The van der Waals surface area contributed by atoms with Crippen LogP contribution in [0.3, 0.4) is 0 Å². The van der Waals surface area contributed by atoms with Crippen LogP contribution in [0.5, 0.6) is 0 Å². The van der Waals surface area contributed by atoms with Crippen LogP contribution in [-0.2, 0) is 9.59 Å². The van der Waals surface area contributed by atoms with Crippen LogP contribution in [0.4, 0.5) is 16.2 Å². The van der Waals surface area contributed by atoms with Crippen molar-refractivity contribution in [1.82, 2.24) is 4.90 Å². The second-order valence-corrected chi connectivity index (χ2v) is 8.89. The molecule has 1 N–H and O–H groups in total. The van der Waals surface area contributed by atoms with Crippen molar-refractivity contribution in [1.29, 1.82) is 0 Å². The van der Waals surface area contributed by atoms with Crippen LogP contribution in [0.25, 0.3) is 6.08 Å². The Morgan fingerprint density at radius 2 is 1.74 bits per heavy atom. The molecule has 0 spiro atoms. The zero-order valence-electron chi connectivity index (χ0n) is 17.7. The SMILES string of the molecule is Cc1ccc(NC(=O)CN2C(=O)SC(=Cc3ccc(N4CCCC4)cc3)C2=O)cc1C. The van der Waals surface area contributed by atoms with Gasteiger partial charge in [0.15, 0.2) is 0 Å². The molecule has 0 atom stereocenters. The molecule has 3 amide bonds. The standard InChI is InChI=1S/C24H25N3O3S/c1-16-5-8-19(13-17(16)2)25-22(28)15-27-23(29)21(31-24(27)30)14-18-6-9-20(10-7-18)26-11-3-4-12-26/h5-10,13-14H,3-4,11-12,15H2,1-2H3,(H,25,28). The van der Waals surface area contributed by atoms with Gasteiger partial charge >= 0.3 is 0 Å². The van der Waals surface area contributed by atoms with Gasteiger partial charge in [0.2, 0.25) is 5.91 Å². The predicted octanol–water partition coefficient (Wildman–Crippen LogP) is 4.58. The normalized spacial score (nSPS) is 17.7. The van der Waals surface area contributed by atoms with Crippen LogP contribution in [0.15, 0.2) is 47.4 Å². The Hall–Kier alpha value is -3.06. The number of nitrogens with one attached hydrogen (secondary N) is 1. The van der Waals surface area contributed by atoms with Crippen LogP contribution in [-0.4, -0.2) is 41.6 Å². The van der Waals surface area contributed by atoms with Crippen LogP contribution in [0.2, 0.25) is 0 Å². The molecule has 2 aliphatic rings. The maximum Gasteiger partial charge on any atom is 0.294 e. The highest BCUT2D eigenvalue weighted by molar-refractivity contribution is 8.18. The molecule has 2 saturated heterocycles. The smallest absolute Gasteiger partial charge is 0.294 e. The predicted molar refractivity (Wildman–Crippen MR) is 125 cm³/mol. The van der Waals surface area contributed by atoms with Crippen LogP contribution >= 0.6 is 11.8 Å². The molecule has 2 aliphatic heterocycles. The number of hydrogen-bond donors (Lipinski definition) is 1. The second-order valence-electron chi connectivity index (χ2n) is 7.90.